The first kappa shape index (κ1) is 13.7. The normalized spacial score (nSPS) is 40.9. The molecule has 0 aromatic rings. The number of nitrogens with one attached hydrogen (secondary N) is 1. The second-order valence-electron chi connectivity index (χ2n) is 3.35. The zero-order valence-corrected chi connectivity index (χ0v) is 8.78. The smallest absolute Gasteiger partial charge is 0.333 e. The van der Waals surface area contributed by atoms with Crippen molar-refractivity contribution in [2.75, 3.05) is 6.61 Å². The predicted octanol–water partition coefficient (Wildman–Crippen LogP) is -3.82. The van der Waals surface area contributed by atoms with Crippen molar-refractivity contribution >= 4 is 10.3 Å². The second-order valence-corrected chi connectivity index (χ2v) is 4.53. The number of ether oxygens (including phenoxy) is 1. The van der Waals surface area contributed by atoms with Gasteiger partial charge in [0, 0.05) is 0 Å². The van der Waals surface area contributed by atoms with Crippen LogP contribution in [0.2, 0.25) is 0 Å². The number of rotatable bonds is 3. The van der Waals surface area contributed by atoms with E-state index in [1.807, 2.05) is 0 Å². The van der Waals surface area contributed by atoms with E-state index in [4.69, 9.17) is 9.66 Å². The third-order valence-electron chi connectivity index (χ3n) is 2.19. The van der Waals surface area contributed by atoms with Crippen LogP contribution < -0.4 is 4.72 Å². The van der Waals surface area contributed by atoms with E-state index in [-0.39, 0.29) is 0 Å². The summed E-state index contributed by atoms with van der Waals surface area (Å²) in [5.41, 5.74) is 0. The summed E-state index contributed by atoms with van der Waals surface area (Å²) in [7, 11) is -4.66. The Morgan fingerprint density at radius 1 is 1.19 bits per heavy atom. The van der Waals surface area contributed by atoms with Crippen LogP contribution in [0.5, 0.6) is 0 Å². The van der Waals surface area contributed by atoms with E-state index in [1.165, 1.54) is 4.72 Å². The molecule has 1 fully saturated rings. The lowest BCUT2D eigenvalue weighted by Gasteiger charge is -2.39. The highest BCUT2D eigenvalue weighted by Crippen LogP contribution is 2.19. The average molecular weight is 259 g/mol. The van der Waals surface area contributed by atoms with Gasteiger partial charge in [-0.25, -0.2) is 0 Å². The molecule has 0 spiro atoms. The molecule has 0 aromatic carbocycles. The third kappa shape index (κ3) is 3.09. The van der Waals surface area contributed by atoms with Gasteiger partial charge in [0.1, 0.15) is 24.4 Å². The minimum atomic E-state index is -4.66. The molecule has 1 aliphatic heterocycles. The lowest BCUT2D eigenvalue weighted by molar-refractivity contribution is -0.251. The van der Waals surface area contributed by atoms with Crippen LogP contribution in [-0.2, 0) is 15.0 Å². The second kappa shape index (κ2) is 4.89. The summed E-state index contributed by atoms with van der Waals surface area (Å²) in [5.74, 6) is 0. The van der Waals surface area contributed by atoms with Crippen molar-refractivity contribution < 1.29 is 38.1 Å². The van der Waals surface area contributed by atoms with Crippen LogP contribution in [0.3, 0.4) is 0 Å². The molecular formula is C6H13NO8S. The largest absolute Gasteiger partial charge is 0.394 e. The van der Waals surface area contributed by atoms with Gasteiger partial charge in [-0.3, -0.25) is 4.55 Å². The summed E-state index contributed by atoms with van der Waals surface area (Å²) in [5, 5.41) is 36.8. The van der Waals surface area contributed by atoms with Crippen molar-refractivity contribution in [3.63, 3.8) is 0 Å². The quantitative estimate of drug-likeness (QED) is 0.281. The summed E-state index contributed by atoms with van der Waals surface area (Å²) in [4.78, 5) is 0. The summed E-state index contributed by atoms with van der Waals surface area (Å²) >= 11 is 0. The number of aliphatic hydroxyl groups is 4. The summed E-state index contributed by atoms with van der Waals surface area (Å²) in [6.45, 7) is -0.659. The SMILES string of the molecule is O=S(=O)(O)NC1C(O)C(O)C(CO)O[C@H]1O. The van der Waals surface area contributed by atoms with Crippen LogP contribution in [-0.4, -0.2) is 70.6 Å². The van der Waals surface area contributed by atoms with Crippen molar-refractivity contribution in [3.05, 3.63) is 0 Å². The lowest BCUT2D eigenvalue weighted by Crippen LogP contribution is -2.64. The van der Waals surface area contributed by atoms with Crippen molar-refractivity contribution in [2.45, 2.75) is 30.6 Å². The first-order valence-corrected chi connectivity index (χ1v) is 5.75. The van der Waals surface area contributed by atoms with Crippen molar-refractivity contribution in [3.8, 4) is 0 Å². The molecule has 10 heteroatoms. The molecule has 0 aliphatic carbocycles. The van der Waals surface area contributed by atoms with E-state index in [0.29, 0.717) is 0 Å². The van der Waals surface area contributed by atoms with Gasteiger partial charge in [0.25, 0.3) is 0 Å². The van der Waals surface area contributed by atoms with Gasteiger partial charge < -0.3 is 25.2 Å². The monoisotopic (exact) mass is 259 g/mol. The maximum atomic E-state index is 10.5. The van der Waals surface area contributed by atoms with E-state index in [9.17, 15) is 23.7 Å². The van der Waals surface area contributed by atoms with Gasteiger partial charge in [-0.05, 0) is 0 Å². The molecule has 1 aliphatic rings. The number of aliphatic hydroxyl groups excluding tert-OH is 4. The third-order valence-corrected chi connectivity index (χ3v) is 2.76. The summed E-state index contributed by atoms with van der Waals surface area (Å²) < 4.78 is 35.6. The van der Waals surface area contributed by atoms with Crippen LogP contribution in [0.25, 0.3) is 0 Å². The molecule has 6 N–H and O–H groups in total. The Morgan fingerprint density at radius 3 is 2.19 bits per heavy atom. The predicted molar refractivity (Wildman–Crippen MR) is 48.5 cm³/mol. The molecule has 1 saturated heterocycles. The van der Waals surface area contributed by atoms with E-state index < -0.39 is 47.6 Å². The molecule has 0 saturated carbocycles. The highest BCUT2D eigenvalue weighted by molar-refractivity contribution is 7.83. The van der Waals surface area contributed by atoms with Crippen LogP contribution in [0.15, 0.2) is 0 Å². The minimum Gasteiger partial charge on any atom is -0.394 e. The maximum absolute atomic E-state index is 10.5. The minimum absolute atomic E-state index is 0.659. The standard InChI is InChI=1S/C6H13NO8S/c8-1-2-4(9)5(10)3(6(11)15-2)7-16(12,13)14/h2-11H,1H2,(H,12,13,14)/t2?,3?,4?,5?,6-/m1/s1. The molecule has 1 heterocycles. The fourth-order valence-electron chi connectivity index (χ4n) is 1.40. The van der Waals surface area contributed by atoms with Crippen LogP contribution in [0.4, 0.5) is 0 Å². The van der Waals surface area contributed by atoms with Gasteiger partial charge in [0.2, 0.25) is 0 Å². The fraction of sp³-hybridized carbons (Fsp3) is 1.00. The topological polar surface area (TPSA) is 157 Å². The van der Waals surface area contributed by atoms with Crippen molar-refractivity contribution in [1.82, 2.24) is 4.72 Å². The Balaban J connectivity index is 2.80. The maximum Gasteiger partial charge on any atom is 0.333 e. The molecule has 0 amide bonds. The first-order chi connectivity index (χ1) is 7.26. The molecule has 0 radical (unpaired) electrons. The summed E-state index contributed by atoms with van der Waals surface area (Å²) in [6, 6.07) is -1.62. The molecule has 0 bridgehead atoms. The van der Waals surface area contributed by atoms with Crippen LogP contribution in [0.1, 0.15) is 0 Å². The number of hydrogen-bond acceptors (Lipinski definition) is 7. The van der Waals surface area contributed by atoms with E-state index >= 15 is 0 Å². The highest BCUT2D eigenvalue weighted by atomic mass is 32.2. The van der Waals surface area contributed by atoms with Gasteiger partial charge >= 0.3 is 10.3 Å². The Labute approximate surface area is 91.2 Å². The number of hydrogen-bond donors (Lipinski definition) is 6. The molecule has 4 unspecified atom stereocenters. The highest BCUT2D eigenvalue weighted by Gasteiger charge is 2.44. The fourth-order valence-corrected chi connectivity index (χ4v) is 2.00. The van der Waals surface area contributed by atoms with E-state index in [0.717, 1.165) is 0 Å². The van der Waals surface area contributed by atoms with Gasteiger partial charge in [-0.1, -0.05) is 0 Å². The van der Waals surface area contributed by atoms with Gasteiger partial charge in [0.15, 0.2) is 6.29 Å². The lowest BCUT2D eigenvalue weighted by atomic mass is 9.98. The average Bonchev–Trinajstić information content (AvgIpc) is 2.17. The molecule has 1 rings (SSSR count). The summed E-state index contributed by atoms with van der Waals surface area (Å²) in [6.07, 6.45) is -6.34. The van der Waals surface area contributed by atoms with Gasteiger partial charge in [-0.2, -0.15) is 13.1 Å². The van der Waals surface area contributed by atoms with Crippen LogP contribution >= 0.6 is 0 Å². The van der Waals surface area contributed by atoms with Crippen molar-refractivity contribution in [1.29, 1.82) is 0 Å². The zero-order valence-electron chi connectivity index (χ0n) is 7.96. The van der Waals surface area contributed by atoms with E-state index in [2.05, 4.69) is 4.74 Å². The van der Waals surface area contributed by atoms with Crippen LogP contribution in [0, 0.1) is 0 Å². The van der Waals surface area contributed by atoms with Gasteiger partial charge in [0.05, 0.1) is 6.61 Å². The van der Waals surface area contributed by atoms with E-state index in [1.54, 1.807) is 0 Å². The molecule has 0 aromatic heterocycles. The van der Waals surface area contributed by atoms with Crippen molar-refractivity contribution in [2.24, 2.45) is 0 Å². The Morgan fingerprint density at radius 2 is 1.75 bits per heavy atom. The first-order valence-electron chi connectivity index (χ1n) is 4.31. The molecule has 16 heavy (non-hydrogen) atoms. The molecular weight excluding hydrogens is 246 g/mol. The molecule has 5 atom stereocenters. The Hall–Kier alpha value is -0.330. The Kier molecular flexibility index (Phi) is 4.20. The Bertz CT molecular complexity index is 331. The molecule has 96 valence electrons. The molecule has 9 nitrogen and oxygen atoms in total. The zero-order chi connectivity index (χ0) is 12.5. The van der Waals surface area contributed by atoms with Gasteiger partial charge in [-0.15, -0.1) is 0 Å².